The molecule has 2 N–H and O–H groups in total. The van der Waals surface area contributed by atoms with E-state index in [1.807, 2.05) is 67.6 Å². The molecule has 3 aliphatic heterocycles. The molecule has 0 aromatic heterocycles. The van der Waals surface area contributed by atoms with Gasteiger partial charge >= 0.3 is 0 Å². The molecule has 37 heavy (non-hydrogen) atoms. The van der Waals surface area contributed by atoms with Crippen LogP contribution in [-0.4, -0.2) is 64.8 Å². The fourth-order valence-electron chi connectivity index (χ4n) is 6.23. The molecule has 0 radical (unpaired) electrons. The van der Waals surface area contributed by atoms with Crippen molar-refractivity contribution in [1.82, 2.24) is 20.4 Å². The molecule has 7 heteroatoms. The number of fused-ring (bicyclic) bond motifs is 1. The van der Waals surface area contributed by atoms with Gasteiger partial charge in [-0.3, -0.25) is 19.3 Å². The zero-order chi connectivity index (χ0) is 25.8. The van der Waals surface area contributed by atoms with Gasteiger partial charge in [0.25, 0.3) is 0 Å². The van der Waals surface area contributed by atoms with E-state index in [0.29, 0.717) is 12.8 Å². The minimum absolute atomic E-state index is 0.0491. The molecular weight excluding hydrogens is 464 g/mol. The van der Waals surface area contributed by atoms with Gasteiger partial charge < -0.3 is 15.5 Å². The van der Waals surface area contributed by atoms with Crippen molar-refractivity contribution in [2.24, 2.45) is 0 Å². The average Bonchev–Trinajstić information content (AvgIpc) is 3.59. The van der Waals surface area contributed by atoms with Gasteiger partial charge in [0.1, 0.15) is 12.1 Å². The molecule has 0 aliphatic carbocycles. The molecule has 3 fully saturated rings. The van der Waals surface area contributed by atoms with Crippen LogP contribution in [0.5, 0.6) is 0 Å². The summed E-state index contributed by atoms with van der Waals surface area (Å²) < 4.78 is 0. The van der Waals surface area contributed by atoms with E-state index in [9.17, 15) is 14.4 Å². The maximum absolute atomic E-state index is 13.8. The molecule has 0 unspecified atom stereocenters. The first-order valence-electron chi connectivity index (χ1n) is 13.8. The van der Waals surface area contributed by atoms with Crippen LogP contribution in [0.25, 0.3) is 0 Å². The first-order valence-corrected chi connectivity index (χ1v) is 13.8. The molecule has 3 heterocycles. The lowest BCUT2D eigenvalue weighted by Crippen LogP contribution is -2.56. The second kappa shape index (κ2) is 11.5. The molecule has 3 aliphatic rings. The van der Waals surface area contributed by atoms with Gasteiger partial charge in [-0.2, -0.15) is 0 Å². The van der Waals surface area contributed by atoms with E-state index in [-0.39, 0.29) is 35.8 Å². The number of hydrogen-bond donors (Lipinski definition) is 2. The van der Waals surface area contributed by atoms with Gasteiger partial charge in [-0.1, -0.05) is 60.7 Å². The second-order valence-corrected chi connectivity index (χ2v) is 10.7. The van der Waals surface area contributed by atoms with Crippen molar-refractivity contribution in [1.29, 1.82) is 0 Å². The van der Waals surface area contributed by atoms with Crippen LogP contribution >= 0.6 is 0 Å². The lowest BCUT2D eigenvalue weighted by atomic mass is 9.98. The molecule has 2 aromatic carbocycles. The Labute approximate surface area is 219 Å². The summed E-state index contributed by atoms with van der Waals surface area (Å²) in [5.41, 5.74) is 2.00. The fourth-order valence-corrected chi connectivity index (χ4v) is 6.23. The minimum Gasteiger partial charge on any atom is -0.343 e. The number of likely N-dealkylation sites (tertiary alicyclic amines) is 1. The molecule has 0 saturated carbocycles. The van der Waals surface area contributed by atoms with Crippen LogP contribution in [0.15, 0.2) is 60.7 Å². The van der Waals surface area contributed by atoms with E-state index in [0.717, 1.165) is 56.3 Å². The molecule has 2 aromatic rings. The highest BCUT2D eigenvalue weighted by Gasteiger charge is 2.45. The number of benzene rings is 2. The first kappa shape index (κ1) is 25.5. The molecule has 3 amide bonds. The summed E-state index contributed by atoms with van der Waals surface area (Å²) >= 11 is 0. The lowest BCUT2D eigenvalue weighted by Gasteiger charge is -2.32. The predicted molar refractivity (Wildman–Crippen MR) is 143 cm³/mol. The third-order valence-electron chi connectivity index (χ3n) is 8.32. The number of rotatable bonds is 7. The third kappa shape index (κ3) is 5.57. The Morgan fingerprint density at radius 2 is 1.46 bits per heavy atom. The van der Waals surface area contributed by atoms with Gasteiger partial charge in [-0.25, -0.2) is 0 Å². The minimum atomic E-state index is -0.574. The normalized spacial score (nSPS) is 25.0. The number of nitrogens with zero attached hydrogens (tertiary/aromatic N) is 2. The van der Waals surface area contributed by atoms with E-state index in [4.69, 9.17) is 0 Å². The Morgan fingerprint density at radius 1 is 0.838 bits per heavy atom. The number of amides is 3. The summed E-state index contributed by atoms with van der Waals surface area (Å²) in [7, 11) is 0. The SMILES string of the molecule is C[C@@H](C(=O)N[C@H]1CCC[C@H]2CC[C@@H](C(=O)NC(c3ccccc3)c3ccccc3)N2C1=O)N1CCCC1. The molecule has 196 valence electrons. The Hall–Kier alpha value is -3.19. The van der Waals surface area contributed by atoms with Crippen molar-refractivity contribution in [3.63, 3.8) is 0 Å². The van der Waals surface area contributed by atoms with Crippen molar-refractivity contribution in [2.45, 2.75) is 82.1 Å². The number of carbonyl (C=O) groups is 3. The van der Waals surface area contributed by atoms with Gasteiger partial charge in [-0.15, -0.1) is 0 Å². The van der Waals surface area contributed by atoms with Crippen LogP contribution < -0.4 is 10.6 Å². The lowest BCUT2D eigenvalue weighted by molar-refractivity contribution is -0.143. The van der Waals surface area contributed by atoms with Crippen LogP contribution in [0.1, 0.15) is 69.0 Å². The fraction of sp³-hybridized carbons (Fsp3) is 0.500. The summed E-state index contributed by atoms with van der Waals surface area (Å²) in [6, 6.07) is 18.3. The van der Waals surface area contributed by atoms with Crippen LogP contribution in [-0.2, 0) is 14.4 Å². The van der Waals surface area contributed by atoms with Crippen molar-refractivity contribution in [3.05, 3.63) is 71.8 Å². The van der Waals surface area contributed by atoms with E-state index < -0.39 is 12.1 Å². The standard InChI is InChI=1S/C30H38N4O3/c1-21(33-19-8-9-20-33)28(35)31-25-16-10-15-24-17-18-26(34(24)30(25)37)29(36)32-27(22-11-4-2-5-12-22)23-13-6-3-7-14-23/h2-7,11-14,21,24-27H,8-10,15-20H2,1H3,(H,31,35)(H,32,36)/t21-,24-,25-,26-/m0/s1. The largest absolute Gasteiger partial charge is 0.343 e. The summed E-state index contributed by atoms with van der Waals surface area (Å²) in [6.07, 6.45) is 6.03. The Morgan fingerprint density at radius 3 is 2.08 bits per heavy atom. The van der Waals surface area contributed by atoms with E-state index in [2.05, 4.69) is 15.5 Å². The highest BCUT2D eigenvalue weighted by molar-refractivity contribution is 5.94. The molecule has 0 spiro atoms. The topological polar surface area (TPSA) is 81.8 Å². The zero-order valence-electron chi connectivity index (χ0n) is 21.6. The molecule has 4 atom stereocenters. The van der Waals surface area contributed by atoms with Crippen LogP contribution in [0.4, 0.5) is 0 Å². The summed E-state index contributed by atoms with van der Waals surface area (Å²) in [5.74, 6) is -0.337. The van der Waals surface area contributed by atoms with E-state index in [1.54, 1.807) is 4.90 Å². The third-order valence-corrected chi connectivity index (χ3v) is 8.32. The molecular formula is C30H38N4O3. The number of hydrogen-bond acceptors (Lipinski definition) is 4. The van der Waals surface area contributed by atoms with E-state index >= 15 is 0 Å². The van der Waals surface area contributed by atoms with Crippen molar-refractivity contribution in [3.8, 4) is 0 Å². The zero-order valence-corrected chi connectivity index (χ0v) is 21.6. The van der Waals surface area contributed by atoms with Gasteiger partial charge in [0.2, 0.25) is 17.7 Å². The molecule has 3 saturated heterocycles. The average molecular weight is 503 g/mol. The number of nitrogens with one attached hydrogen (secondary N) is 2. The monoisotopic (exact) mass is 502 g/mol. The Kier molecular flexibility index (Phi) is 7.89. The summed E-state index contributed by atoms with van der Waals surface area (Å²) in [4.78, 5) is 44.5. The maximum Gasteiger partial charge on any atom is 0.246 e. The Bertz CT molecular complexity index is 1050. The van der Waals surface area contributed by atoms with Gasteiger partial charge in [0, 0.05) is 6.04 Å². The highest BCUT2D eigenvalue weighted by atomic mass is 16.2. The van der Waals surface area contributed by atoms with Crippen molar-refractivity contribution in [2.75, 3.05) is 13.1 Å². The predicted octanol–water partition coefficient (Wildman–Crippen LogP) is 3.40. The van der Waals surface area contributed by atoms with Crippen LogP contribution in [0, 0.1) is 0 Å². The van der Waals surface area contributed by atoms with Gasteiger partial charge in [0.15, 0.2) is 0 Å². The van der Waals surface area contributed by atoms with Gasteiger partial charge in [0.05, 0.1) is 12.1 Å². The van der Waals surface area contributed by atoms with E-state index in [1.165, 1.54) is 0 Å². The summed E-state index contributed by atoms with van der Waals surface area (Å²) in [6.45, 7) is 3.77. The highest BCUT2D eigenvalue weighted by Crippen LogP contribution is 2.33. The van der Waals surface area contributed by atoms with Crippen molar-refractivity contribution < 1.29 is 14.4 Å². The smallest absolute Gasteiger partial charge is 0.246 e. The number of carbonyl (C=O) groups excluding carboxylic acids is 3. The molecule has 0 bridgehead atoms. The maximum atomic E-state index is 13.8. The van der Waals surface area contributed by atoms with Gasteiger partial charge in [-0.05, 0) is 76.1 Å². The molecule has 5 rings (SSSR count). The van der Waals surface area contributed by atoms with Crippen LogP contribution in [0.2, 0.25) is 0 Å². The molecule has 7 nitrogen and oxygen atoms in total. The van der Waals surface area contributed by atoms with Crippen LogP contribution in [0.3, 0.4) is 0 Å². The second-order valence-electron chi connectivity index (χ2n) is 10.7. The summed E-state index contributed by atoms with van der Waals surface area (Å²) in [5, 5.41) is 6.30. The quantitative estimate of drug-likeness (QED) is 0.608. The first-order chi connectivity index (χ1) is 18.0. The van der Waals surface area contributed by atoms with Crippen molar-refractivity contribution >= 4 is 17.7 Å². The Balaban J connectivity index is 1.31.